The first-order chi connectivity index (χ1) is 4.34. The van der Waals surface area contributed by atoms with Gasteiger partial charge >= 0.3 is 0 Å². The summed E-state index contributed by atoms with van der Waals surface area (Å²) in [4.78, 5) is 0. The molecule has 1 fully saturated rings. The van der Waals surface area contributed by atoms with Crippen LogP contribution in [0.3, 0.4) is 0 Å². The molecule has 1 rings (SSSR count). The number of hydrogen-bond donors (Lipinski definition) is 2. The van der Waals surface area contributed by atoms with Crippen LogP contribution in [0, 0.1) is 0 Å². The van der Waals surface area contributed by atoms with Gasteiger partial charge in [-0.25, -0.2) is 0 Å². The van der Waals surface area contributed by atoms with Gasteiger partial charge in [0.1, 0.15) is 0 Å². The molecule has 0 amide bonds. The predicted octanol–water partition coefficient (Wildman–Crippen LogP) is 0.509. The summed E-state index contributed by atoms with van der Waals surface area (Å²) < 4.78 is 0. The quantitative estimate of drug-likeness (QED) is 0.540. The lowest BCUT2D eigenvalue weighted by atomic mass is 9.93. The van der Waals surface area contributed by atoms with E-state index in [1.54, 1.807) is 0 Å². The van der Waals surface area contributed by atoms with E-state index < -0.39 is 0 Å². The number of hydrogen-bond acceptors (Lipinski definition) is 2. The van der Waals surface area contributed by atoms with Gasteiger partial charge in [-0.15, -0.1) is 0 Å². The average Bonchev–Trinajstić information content (AvgIpc) is 1.89. The fraction of sp³-hybridized carbons (Fsp3) is 1.00. The third-order valence-corrected chi connectivity index (χ3v) is 2.10. The Bertz CT molecular complexity index is 85.0. The number of aliphatic hydroxyl groups is 1. The van der Waals surface area contributed by atoms with Gasteiger partial charge in [-0.05, 0) is 19.9 Å². The Hall–Kier alpha value is -0.0800. The summed E-state index contributed by atoms with van der Waals surface area (Å²) >= 11 is 0. The molecule has 54 valence electrons. The van der Waals surface area contributed by atoms with Gasteiger partial charge < -0.3 is 10.4 Å². The highest BCUT2D eigenvalue weighted by Gasteiger charge is 2.20. The van der Waals surface area contributed by atoms with E-state index in [0.717, 1.165) is 12.8 Å². The van der Waals surface area contributed by atoms with Gasteiger partial charge in [0, 0.05) is 6.04 Å². The maximum Gasteiger partial charge on any atom is 0.0693 e. The molecular weight excluding hydrogens is 114 g/mol. The van der Waals surface area contributed by atoms with Crippen LogP contribution in [-0.2, 0) is 0 Å². The molecule has 2 N–H and O–H groups in total. The summed E-state index contributed by atoms with van der Waals surface area (Å²) in [6.07, 6.45) is 4.48. The van der Waals surface area contributed by atoms with E-state index in [-0.39, 0.29) is 6.10 Å². The molecule has 0 heterocycles. The maximum atomic E-state index is 9.31. The van der Waals surface area contributed by atoms with Crippen molar-refractivity contribution in [2.75, 3.05) is 7.05 Å². The van der Waals surface area contributed by atoms with Gasteiger partial charge in [-0.1, -0.05) is 12.8 Å². The lowest BCUT2D eigenvalue weighted by Crippen LogP contribution is -2.39. The molecule has 0 aromatic carbocycles. The Balaban J connectivity index is 2.30. The van der Waals surface area contributed by atoms with Crippen molar-refractivity contribution in [3.63, 3.8) is 0 Å². The second-order valence-electron chi connectivity index (χ2n) is 2.75. The molecule has 1 aliphatic rings. The topological polar surface area (TPSA) is 32.3 Å². The van der Waals surface area contributed by atoms with Crippen LogP contribution in [0.1, 0.15) is 25.7 Å². The fourth-order valence-electron chi connectivity index (χ4n) is 1.45. The van der Waals surface area contributed by atoms with E-state index in [9.17, 15) is 5.11 Å². The Labute approximate surface area is 56.3 Å². The minimum Gasteiger partial charge on any atom is -0.392 e. The van der Waals surface area contributed by atoms with Crippen LogP contribution < -0.4 is 5.32 Å². The normalized spacial score (nSPS) is 36.7. The van der Waals surface area contributed by atoms with Crippen LogP contribution in [0.25, 0.3) is 0 Å². The lowest BCUT2D eigenvalue weighted by molar-refractivity contribution is 0.0948. The monoisotopic (exact) mass is 129 g/mol. The first kappa shape index (κ1) is 7.03. The second kappa shape index (κ2) is 3.18. The van der Waals surface area contributed by atoms with Crippen LogP contribution in [-0.4, -0.2) is 24.3 Å². The number of likely N-dealkylation sites (N-methyl/N-ethyl adjacent to an activating group) is 1. The van der Waals surface area contributed by atoms with Crippen LogP contribution in [0.5, 0.6) is 0 Å². The SMILES string of the molecule is CNC1CCCC[C@@H]1O. The Morgan fingerprint density at radius 2 is 2.00 bits per heavy atom. The lowest BCUT2D eigenvalue weighted by Gasteiger charge is -2.26. The van der Waals surface area contributed by atoms with Crippen molar-refractivity contribution in [2.24, 2.45) is 0 Å². The van der Waals surface area contributed by atoms with E-state index in [4.69, 9.17) is 0 Å². The van der Waals surface area contributed by atoms with E-state index in [2.05, 4.69) is 5.32 Å². The van der Waals surface area contributed by atoms with Gasteiger partial charge in [0.15, 0.2) is 0 Å². The van der Waals surface area contributed by atoms with Crippen molar-refractivity contribution in [3.8, 4) is 0 Å². The first-order valence-electron chi connectivity index (χ1n) is 3.70. The van der Waals surface area contributed by atoms with E-state index in [0.29, 0.717) is 6.04 Å². The molecule has 0 saturated heterocycles. The summed E-state index contributed by atoms with van der Waals surface area (Å²) in [5.41, 5.74) is 0. The van der Waals surface area contributed by atoms with Crippen molar-refractivity contribution in [3.05, 3.63) is 0 Å². The zero-order valence-electron chi connectivity index (χ0n) is 5.93. The Morgan fingerprint density at radius 1 is 1.33 bits per heavy atom. The van der Waals surface area contributed by atoms with Gasteiger partial charge in [-0.3, -0.25) is 0 Å². The van der Waals surface area contributed by atoms with Crippen molar-refractivity contribution < 1.29 is 5.11 Å². The third-order valence-electron chi connectivity index (χ3n) is 2.10. The molecule has 1 saturated carbocycles. The van der Waals surface area contributed by atoms with Crippen LogP contribution >= 0.6 is 0 Å². The molecule has 9 heavy (non-hydrogen) atoms. The minimum atomic E-state index is -0.0938. The van der Waals surface area contributed by atoms with Crippen LogP contribution in [0.2, 0.25) is 0 Å². The van der Waals surface area contributed by atoms with Gasteiger partial charge in [0.25, 0.3) is 0 Å². The molecule has 0 aromatic rings. The molecule has 0 radical (unpaired) electrons. The molecule has 1 unspecified atom stereocenters. The van der Waals surface area contributed by atoms with Crippen molar-refractivity contribution in [1.82, 2.24) is 5.32 Å². The molecule has 1 aliphatic carbocycles. The molecule has 2 nitrogen and oxygen atoms in total. The molecular formula is C7H15NO. The number of aliphatic hydroxyl groups excluding tert-OH is 1. The molecule has 2 heteroatoms. The number of nitrogens with one attached hydrogen (secondary N) is 1. The van der Waals surface area contributed by atoms with Crippen molar-refractivity contribution in [2.45, 2.75) is 37.8 Å². The minimum absolute atomic E-state index is 0.0938. The number of rotatable bonds is 1. The molecule has 0 aliphatic heterocycles. The van der Waals surface area contributed by atoms with Crippen LogP contribution in [0.4, 0.5) is 0 Å². The second-order valence-corrected chi connectivity index (χ2v) is 2.75. The highest BCUT2D eigenvalue weighted by atomic mass is 16.3. The zero-order valence-corrected chi connectivity index (χ0v) is 5.93. The van der Waals surface area contributed by atoms with Gasteiger partial charge in [0.05, 0.1) is 6.10 Å². The average molecular weight is 129 g/mol. The standard InChI is InChI=1S/C7H15NO/c1-8-6-4-2-3-5-7(6)9/h6-9H,2-5H2,1H3/t6?,7-/m0/s1. The summed E-state index contributed by atoms with van der Waals surface area (Å²) in [5, 5.41) is 12.4. The Kier molecular flexibility index (Phi) is 2.49. The fourth-order valence-corrected chi connectivity index (χ4v) is 1.45. The van der Waals surface area contributed by atoms with Crippen LogP contribution in [0.15, 0.2) is 0 Å². The zero-order chi connectivity index (χ0) is 6.69. The van der Waals surface area contributed by atoms with E-state index >= 15 is 0 Å². The molecule has 0 bridgehead atoms. The first-order valence-corrected chi connectivity index (χ1v) is 3.70. The maximum absolute atomic E-state index is 9.31. The highest BCUT2D eigenvalue weighted by molar-refractivity contribution is 4.78. The summed E-state index contributed by atoms with van der Waals surface area (Å²) in [7, 11) is 1.92. The van der Waals surface area contributed by atoms with E-state index in [1.807, 2.05) is 7.05 Å². The van der Waals surface area contributed by atoms with Crippen molar-refractivity contribution in [1.29, 1.82) is 0 Å². The smallest absolute Gasteiger partial charge is 0.0693 e. The van der Waals surface area contributed by atoms with Crippen molar-refractivity contribution >= 4 is 0 Å². The van der Waals surface area contributed by atoms with Gasteiger partial charge in [0.2, 0.25) is 0 Å². The highest BCUT2D eigenvalue weighted by Crippen LogP contribution is 2.17. The molecule has 0 aromatic heterocycles. The Morgan fingerprint density at radius 3 is 2.44 bits per heavy atom. The largest absolute Gasteiger partial charge is 0.392 e. The summed E-state index contributed by atoms with van der Waals surface area (Å²) in [6.45, 7) is 0. The third kappa shape index (κ3) is 1.66. The van der Waals surface area contributed by atoms with E-state index in [1.165, 1.54) is 12.8 Å². The molecule has 0 spiro atoms. The molecule has 2 atom stereocenters. The predicted molar refractivity (Wildman–Crippen MR) is 37.3 cm³/mol. The van der Waals surface area contributed by atoms with Gasteiger partial charge in [-0.2, -0.15) is 0 Å². The summed E-state index contributed by atoms with van der Waals surface area (Å²) in [5.74, 6) is 0. The summed E-state index contributed by atoms with van der Waals surface area (Å²) in [6, 6.07) is 0.360.